The van der Waals surface area contributed by atoms with Gasteiger partial charge in [-0.15, -0.1) is 0 Å². The van der Waals surface area contributed by atoms with Crippen LogP contribution in [-0.2, 0) is 4.74 Å². The Balaban J connectivity index is 2.20. The largest absolute Gasteiger partial charge is 0.392 e. The van der Waals surface area contributed by atoms with Crippen LogP contribution in [0, 0.1) is 0 Å². The maximum absolute atomic E-state index is 5.66. The van der Waals surface area contributed by atoms with E-state index in [4.69, 9.17) is 22.7 Å². The van der Waals surface area contributed by atoms with Gasteiger partial charge in [-0.1, -0.05) is 12.2 Å². The first-order chi connectivity index (χ1) is 7.65. The van der Waals surface area contributed by atoms with E-state index < -0.39 is 0 Å². The lowest BCUT2D eigenvalue weighted by Gasteiger charge is -2.37. The van der Waals surface area contributed by atoms with Crippen molar-refractivity contribution >= 4 is 17.2 Å². The molecule has 1 aliphatic heterocycles. The molecule has 0 aromatic heterocycles. The van der Waals surface area contributed by atoms with E-state index in [-0.39, 0.29) is 6.04 Å². The third-order valence-corrected chi connectivity index (χ3v) is 3.46. The Hall–Kier alpha value is -0.230. The van der Waals surface area contributed by atoms with E-state index in [1.54, 1.807) is 0 Å². The van der Waals surface area contributed by atoms with Gasteiger partial charge in [0.25, 0.3) is 0 Å². The lowest BCUT2D eigenvalue weighted by molar-refractivity contribution is 0.0770. The molecule has 94 valence electrons. The molecule has 16 heavy (non-hydrogen) atoms. The van der Waals surface area contributed by atoms with Crippen LogP contribution < -0.4 is 5.73 Å². The van der Waals surface area contributed by atoms with Crippen LogP contribution in [0.15, 0.2) is 0 Å². The van der Waals surface area contributed by atoms with Crippen molar-refractivity contribution in [1.29, 1.82) is 0 Å². The number of ether oxygens (including phenoxy) is 1. The fraction of sp³-hybridized carbons (Fsp3) is 0.909. The molecule has 0 aromatic rings. The zero-order valence-electron chi connectivity index (χ0n) is 10.3. The van der Waals surface area contributed by atoms with E-state index in [9.17, 15) is 0 Å². The van der Waals surface area contributed by atoms with Crippen LogP contribution in [-0.4, -0.2) is 66.8 Å². The van der Waals surface area contributed by atoms with Crippen LogP contribution in [0.25, 0.3) is 0 Å². The summed E-state index contributed by atoms with van der Waals surface area (Å²) in [6.07, 6.45) is 0. The predicted octanol–water partition coefficient (Wildman–Crippen LogP) is 0.315. The summed E-state index contributed by atoms with van der Waals surface area (Å²) in [5, 5.41) is 0. The highest BCUT2D eigenvalue weighted by Crippen LogP contribution is 2.06. The molecule has 1 heterocycles. The van der Waals surface area contributed by atoms with Gasteiger partial charge in [-0.05, 0) is 13.8 Å². The van der Waals surface area contributed by atoms with E-state index in [1.165, 1.54) is 0 Å². The van der Waals surface area contributed by atoms with Gasteiger partial charge in [0.05, 0.1) is 17.6 Å². The second kappa shape index (κ2) is 7.17. The van der Waals surface area contributed by atoms with Crippen molar-refractivity contribution in [3.63, 3.8) is 0 Å². The van der Waals surface area contributed by atoms with E-state index in [0.717, 1.165) is 45.9 Å². The summed E-state index contributed by atoms with van der Waals surface area (Å²) in [4.78, 5) is 5.38. The third-order valence-electron chi connectivity index (χ3n) is 3.12. The molecule has 1 rings (SSSR count). The van der Waals surface area contributed by atoms with Gasteiger partial charge in [0.15, 0.2) is 0 Å². The Kier molecular flexibility index (Phi) is 6.20. The molecule has 0 spiro atoms. The lowest BCUT2D eigenvalue weighted by atomic mass is 10.2. The zero-order chi connectivity index (χ0) is 12.0. The van der Waals surface area contributed by atoms with Crippen LogP contribution in [0.5, 0.6) is 0 Å². The van der Waals surface area contributed by atoms with Crippen molar-refractivity contribution in [2.75, 3.05) is 45.9 Å². The molecule has 0 amide bonds. The molecule has 1 atom stereocenters. The molecule has 1 fully saturated rings. The van der Waals surface area contributed by atoms with E-state index in [0.29, 0.717) is 4.99 Å². The minimum absolute atomic E-state index is 0.226. The van der Waals surface area contributed by atoms with Crippen LogP contribution >= 0.6 is 12.2 Å². The molecular formula is C11H23N3OS. The molecular weight excluding hydrogens is 222 g/mol. The quantitative estimate of drug-likeness (QED) is 0.539. The molecule has 0 aliphatic carbocycles. The SMILES string of the molecule is CCOCCN1CCN(C(C)C(N)=S)CC1. The van der Waals surface area contributed by atoms with E-state index in [1.807, 2.05) is 6.92 Å². The average Bonchev–Trinajstić information content (AvgIpc) is 2.29. The standard InChI is InChI=1S/C11H23N3OS/c1-3-15-9-8-13-4-6-14(7-5-13)10(2)11(12)16/h10H,3-9H2,1-2H3,(H2,12,16). The highest BCUT2D eigenvalue weighted by molar-refractivity contribution is 7.80. The fourth-order valence-corrected chi connectivity index (χ4v) is 2.04. The van der Waals surface area contributed by atoms with Gasteiger partial charge in [0, 0.05) is 39.3 Å². The van der Waals surface area contributed by atoms with Crippen molar-refractivity contribution < 1.29 is 4.74 Å². The van der Waals surface area contributed by atoms with Crippen molar-refractivity contribution in [2.24, 2.45) is 5.73 Å². The molecule has 5 heteroatoms. The number of hydrogen-bond donors (Lipinski definition) is 1. The second-order valence-electron chi connectivity index (χ2n) is 4.15. The van der Waals surface area contributed by atoms with Gasteiger partial charge in [-0.25, -0.2) is 0 Å². The Labute approximate surface area is 104 Å². The Morgan fingerprint density at radius 2 is 2.00 bits per heavy atom. The van der Waals surface area contributed by atoms with Gasteiger partial charge in [0.1, 0.15) is 0 Å². The zero-order valence-corrected chi connectivity index (χ0v) is 11.1. The van der Waals surface area contributed by atoms with E-state index >= 15 is 0 Å². The number of nitrogens with two attached hydrogens (primary N) is 1. The Morgan fingerprint density at radius 3 is 2.50 bits per heavy atom. The summed E-state index contributed by atoms with van der Waals surface area (Å²) >= 11 is 5.02. The predicted molar refractivity (Wildman–Crippen MR) is 70.8 cm³/mol. The van der Waals surface area contributed by atoms with Crippen molar-refractivity contribution in [3.8, 4) is 0 Å². The Bertz CT molecular complexity index is 217. The molecule has 0 aromatic carbocycles. The maximum atomic E-state index is 5.66. The topological polar surface area (TPSA) is 41.7 Å². The summed E-state index contributed by atoms with van der Waals surface area (Å²) in [7, 11) is 0. The van der Waals surface area contributed by atoms with Crippen LogP contribution in [0.1, 0.15) is 13.8 Å². The van der Waals surface area contributed by atoms with Crippen molar-refractivity contribution in [3.05, 3.63) is 0 Å². The maximum Gasteiger partial charge on any atom is 0.0899 e. The van der Waals surface area contributed by atoms with Crippen LogP contribution in [0.2, 0.25) is 0 Å². The molecule has 0 saturated carbocycles. The number of nitrogens with zero attached hydrogens (tertiary/aromatic N) is 2. The van der Waals surface area contributed by atoms with E-state index in [2.05, 4.69) is 16.7 Å². The smallest absolute Gasteiger partial charge is 0.0899 e. The number of rotatable bonds is 6. The van der Waals surface area contributed by atoms with Crippen LogP contribution in [0.3, 0.4) is 0 Å². The van der Waals surface area contributed by atoms with Gasteiger partial charge >= 0.3 is 0 Å². The summed E-state index contributed by atoms with van der Waals surface area (Å²) in [6.45, 7) is 11.0. The average molecular weight is 245 g/mol. The Morgan fingerprint density at radius 1 is 1.38 bits per heavy atom. The van der Waals surface area contributed by atoms with Gasteiger partial charge in [0.2, 0.25) is 0 Å². The molecule has 4 nitrogen and oxygen atoms in total. The minimum Gasteiger partial charge on any atom is -0.392 e. The highest BCUT2D eigenvalue weighted by atomic mass is 32.1. The normalized spacial score (nSPS) is 20.9. The van der Waals surface area contributed by atoms with Crippen molar-refractivity contribution in [1.82, 2.24) is 9.80 Å². The molecule has 2 N–H and O–H groups in total. The van der Waals surface area contributed by atoms with Gasteiger partial charge in [-0.2, -0.15) is 0 Å². The lowest BCUT2D eigenvalue weighted by Crippen LogP contribution is -2.53. The summed E-state index contributed by atoms with van der Waals surface area (Å²) in [5.74, 6) is 0. The molecule has 1 aliphatic rings. The summed E-state index contributed by atoms with van der Waals surface area (Å²) in [5.41, 5.74) is 5.66. The highest BCUT2D eigenvalue weighted by Gasteiger charge is 2.21. The minimum atomic E-state index is 0.226. The monoisotopic (exact) mass is 245 g/mol. The first-order valence-electron chi connectivity index (χ1n) is 5.98. The first kappa shape index (κ1) is 13.8. The summed E-state index contributed by atoms with van der Waals surface area (Å²) in [6, 6.07) is 0.226. The number of hydrogen-bond acceptors (Lipinski definition) is 4. The third kappa shape index (κ3) is 4.33. The number of thiocarbonyl (C=S) groups is 1. The fourth-order valence-electron chi connectivity index (χ4n) is 1.89. The first-order valence-corrected chi connectivity index (χ1v) is 6.39. The molecule has 0 radical (unpaired) electrons. The molecule has 1 saturated heterocycles. The van der Waals surface area contributed by atoms with Crippen LogP contribution in [0.4, 0.5) is 0 Å². The second-order valence-corrected chi connectivity index (χ2v) is 4.62. The molecule has 0 bridgehead atoms. The van der Waals surface area contributed by atoms with Crippen molar-refractivity contribution in [2.45, 2.75) is 19.9 Å². The van der Waals surface area contributed by atoms with Gasteiger partial charge in [-0.3, -0.25) is 9.80 Å². The summed E-state index contributed by atoms with van der Waals surface area (Å²) < 4.78 is 5.35. The number of piperazine rings is 1. The molecule has 1 unspecified atom stereocenters. The van der Waals surface area contributed by atoms with Gasteiger partial charge < -0.3 is 10.5 Å².